The first-order valence-corrected chi connectivity index (χ1v) is 7.63. The third-order valence-electron chi connectivity index (χ3n) is 2.69. The van der Waals surface area contributed by atoms with Crippen LogP contribution in [-0.2, 0) is 0 Å². The molecule has 3 N–H and O–H groups in total. The number of hydrogen-bond donors (Lipinski definition) is 2. The molecular formula is C15H19N3O2S. The maximum atomic E-state index is 9.94. The minimum atomic E-state index is -0.586. The highest BCUT2D eigenvalue weighted by molar-refractivity contribution is 7.99. The highest BCUT2D eigenvalue weighted by Gasteiger charge is 2.08. The Labute approximate surface area is 128 Å². The van der Waals surface area contributed by atoms with E-state index in [-0.39, 0.29) is 6.61 Å². The zero-order chi connectivity index (χ0) is 15.2. The predicted molar refractivity (Wildman–Crippen MR) is 84.6 cm³/mol. The zero-order valence-electron chi connectivity index (χ0n) is 12.1. The minimum Gasteiger partial charge on any atom is -0.491 e. The molecule has 21 heavy (non-hydrogen) atoms. The Morgan fingerprint density at radius 3 is 2.43 bits per heavy atom. The third-order valence-corrected chi connectivity index (χ3v) is 3.68. The molecule has 0 saturated carbocycles. The molecular weight excluding hydrogens is 286 g/mol. The smallest absolute Gasteiger partial charge is 0.188 e. The molecule has 2 aromatic rings. The Hall–Kier alpha value is -1.79. The van der Waals surface area contributed by atoms with Crippen LogP contribution in [0.3, 0.4) is 0 Å². The minimum absolute atomic E-state index is 0.224. The van der Waals surface area contributed by atoms with Crippen LogP contribution in [0.2, 0.25) is 0 Å². The van der Waals surface area contributed by atoms with Crippen LogP contribution in [0.1, 0.15) is 11.4 Å². The van der Waals surface area contributed by atoms with Crippen molar-refractivity contribution in [2.24, 2.45) is 0 Å². The first kappa shape index (κ1) is 15.6. The number of anilines is 1. The summed E-state index contributed by atoms with van der Waals surface area (Å²) in [4.78, 5) is 8.64. The fourth-order valence-corrected chi connectivity index (χ4v) is 2.59. The number of aryl methyl sites for hydroxylation is 2. The van der Waals surface area contributed by atoms with Crippen LogP contribution in [0, 0.1) is 13.8 Å². The van der Waals surface area contributed by atoms with E-state index in [1.807, 2.05) is 19.9 Å². The van der Waals surface area contributed by atoms with Gasteiger partial charge in [-0.1, -0.05) is 11.8 Å². The molecule has 1 heterocycles. The van der Waals surface area contributed by atoms with Gasteiger partial charge in [0.1, 0.15) is 12.4 Å². The number of nitrogens with two attached hydrogens (primary N) is 1. The second-order valence-corrected chi connectivity index (χ2v) is 5.77. The van der Waals surface area contributed by atoms with Gasteiger partial charge in [-0.15, -0.1) is 0 Å². The highest BCUT2D eigenvalue weighted by atomic mass is 32.2. The van der Waals surface area contributed by atoms with Crippen molar-refractivity contribution in [2.75, 3.05) is 18.1 Å². The predicted octanol–water partition coefficient (Wildman–Crippen LogP) is 2.21. The summed E-state index contributed by atoms with van der Waals surface area (Å²) < 4.78 is 5.50. The first-order valence-electron chi connectivity index (χ1n) is 6.64. The number of aliphatic hydroxyl groups is 1. The standard InChI is InChI=1S/C15H19N3O2S/c1-10-7-11(2)18-15(17-10)21-9-13(19)8-20-14-5-3-12(16)4-6-14/h3-7,13,19H,8-9,16H2,1-2H3. The Morgan fingerprint density at radius 1 is 1.19 bits per heavy atom. The number of aromatic nitrogens is 2. The van der Waals surface area contributed by atoms with E-state index in [0.29, 0.717) is 22.3 Å². The number of hydrogen-bond acceptors (Lipinski definition) is 6. The van der Waals surface area contributed by atoms with Gasteiger partial charge < -0.3 is 15.6 Å². The van der Waals surface area contributed by atoms with Crippen LogP contribution >= 0.6 is 11.8 Å². The molecule has 0 spiro atoms. The van der Waals surface area contributed by atoms with Gasteiger partial charge in [-0.05, 0) is 44.2 Å². The van der Waals surface area contributed by atoms with Crippen molar-refractivity contribution >= 4 is 17.4 Å². The molecule has 0 amide bonds. The van der Waals surface area contributed by atoms with Crippen molar-refractivity contribution in [3.05, 3.63) is 41.7 Å². The SMILES string of the molecule is Cc1cc(C)nc(SCC(O)COc2ccc(N)cc2)n1. The van der Waals surface area contributed by atoms with Crippen molar-refractivity contribution < 1.29 is 9.84 Å². The monoisotopic (exact) mass is 305 g/mol. The molecule has 5 nitrogen and oxygen atoms in total. The quantitative estimate of drug-likeness (QED) is 0.484. The Bertz CT molecular complexity index is 570. The molecule has 0 fully saturated rings. The Morgan fingerprint density at radius 2 is 1.81 bits per heavy atom. The second kappa shape index (κ2) is 7.28. The molecule has 0 radical (unpaired) electrons. The number of aliphatic hydroxyl groups excluding tert-OH is 1. The van der Waals surface area contributed by atoms with Gasteiger partial charge in [0.2, 0.25) is 0 Å². The molecule has 1 unspecified atom stereocenters. The van der Waals surface area contributed by atoms with Crippen LogP contribution in [-0.4, -0.2) is 33.5 Å². The van der Waals surface area contributed by atoms with E-state index in [2.05, 4.69) is 9.97 Å². The van der Waals surface area contributed by atoms with Gasteiger partial charge >= 0.3 is 0 Å². The summed E-state index contributed by atoms with van der Waals surface area (Å²) in [6.07, 6.45) is -0.586. The molecule has 112 valence electrons. The van der Waals surface area contributed by atoms with Crippen molar-refractivity contribution in [1.82, 2.24) is 9.97 Å². The van der Waals surface area contributed by atoms with Gasteiger partial charge in [0.05, 0.1) is 6.10 Å². The fraction of sp³-hybridized carbons (Fsp3) is 0.333. The van der Waals surface area contributed by atoms with Crippen molar-refractivity contribution in [3.8, 4) is 5.75 Å². The summed E-state index contributed by atoms with van der Waals surface area (Å²) in [5.41, 5.74) is 8.14. The summed E-state index contributed by atoms with van der Waals surface area (Å²) in [6.45, 7) is 4.08. The summed E-state index contributed by atoms with van der Waals surface area (Å²) >= 11 is 1.42. The molecule has 0 aliphatic heterocycles. The summed E-state index contributed by atoms with van der Waals surface area (Å²) in [7, 11) is 0. The number of thioether (sulfide) groups is 1. The zero-order valence-corrected chi connectivity index (χ0v) is 12.9. The van der Waals surface area contributed by atoms with Gasteiger partial charge in [0.15, 0.2) is 5.16 Å². The summed E-state index contributed by atoms with van der Waals surface area (Å²) in [5.74, 6) is 1.17. The summed E-state index contributed by atoms with van der Waals surface area (Å²) in [5, 5.41) is 10.6. The van der Waals surface area contributed by atoms with E-state index in [4.69, 9.17) is 10.5 Å². The van der Waals surface area contributed by atoms with E-state index in [1.54, 1.807) is 24.3 Å². The van der Waals surface area contributed by atoms with Crippen molar-refractivity contribution in [1.29, 1.82) is 0 Å². The Balaban J connectivity index is 1.79. The molecule has 0 aliphatic carbocycles. The third kappa shape index (κ3) is 5.24. The molecule has 1 aromatic carbocycles. The first-order chi connectivity index (χ1) is 10.0. The summed E-state index contributed by atoms with van der Waals surface area (Å²) in [6, 6.07) is 9.01. The van der Waals surface area contributed by atoms with Crippen LogP contribution < -0.4 is 10.5 Å². The molecule has 0 saturated heterocycles. The maximum Gasteiger partial charge on any atom is 0.188 e. The van der Waals surface area contributed by atoms with Gasteiger partial charge in [-0.3, -0.25) is 0 Å². The van der Waals surface area contributed by atoms with E-state index in [0.717, 1.165) is 11.4 Å². The van der Waals surface area contributed by atoms with Crippen LogP contribution in [0.4, 0.5) is 5.69 Å². The number of nitrogens with zero attached hydrogens (tertiary/aromatic N) is 2. The van der Waals surface area contributed by atoms with E-state index < -0.39 is 6.10 Å². The van der Waals surface area contributed by atoms with Crippen LogP contribution in [0.15, 0.2) is 35.5 Å². The normalized spacial score (nSPS) is 12.1. The number of ether oxygens (including phenoxy) is 1. The van der Waals surface area contributed by atoms with E-state index >= 15 is 0 Å². The number of rotatable bonds is 6. The lowest BCUT2D eigenvalue weighted by Crippen LogP contribution is -2.20. The average molecular weight is 305 g/mol. The van der Waals surface area contributed by atoms with Crippen molar-refractivity contribution in [2.45, 2.75) is 25.1 Å². The van der Waals surface area contributed by atoms with Crippen LogP contribution in [0.25, 0.3) is 0 Å². The van der Waals surface area contributed by atoms with Gasteiger partial charge in [-0.25, -0.2) is 9.97 Å². The van der Waals surface area contributed by atoms with Gasteiger partial charge in [0.25, 0.3) is 0 Å². The van der Waals surface area contributed by atoms with Gasteiger partial charge in [0, 0.05) is 22.8 Å². The average Bonchev–Trinajstić information content (AvgIpc) is 2.43. The molecule has 6 heteroatoms. The highest BCUT2D eigenvalue weighted by Crippen LogP contribution is 2.17. The Kier molecular flexibility index (Phi) is 5.41. The number of benzene rings is 1. The molecule has 2 rings (SSSR count). The van der Waals surface area contributed by atoms with Crippen molar-refractivity contribution in [3.63, 3.8) is 0 Å². The lowest BCUT2D eigenvalue weighted by Gasteiger charge is -2.12. The van der Waals surface area contributed by atoms with Gasteiger partial charge in [-0.2, -0.15) is 0 Å². The lowest BCUT2D eigenvalue weighted by atomic mass is 10.3. The maximum absolute atomic E-state index is 9.94. The topological polar surface area (TPSA) is 81.3 Å². The molecule has 0 bridgehead atoms. The molecule has 0 aliphatic rings. The largest absolute Gasteiger partial charge is 0.491 e. The fourth-order valence-electron chi connectivity index (χ4n) is 1.73. The molecule has 1 atom stereocenters. The number of nitrogen functional groups attached to an aromatic ring is 1. The van der Waals surface area contributed by atoms with Crippen LogP contribution in [0.5, 0.6) is 5.75 Å². The van der Waals surface area contributed by atoms with E-state index in [9.17, 15) is 5.11 Å². The lowest BCUT2D eigenvalue weighted by molar-refractivity contribution is 0.126. The van der Waals surface area contributed by atoms with E-state index in [1.165, 1.54) is 11.8 Å². The molecule has 1 aromatic heterocycles. The second-order valence-electron chi connectivity index (χ2n) is 4.78.